The fourth-order valence-corrected chi connectivity index (χ4v) is 2.99. The zero-order valence-electron chi connectivity index (χ0n) is 14.5. The maximum atomic E-state index is 12.1. The molecule has 0 atom stereocenters. The molecule has 2 aromatic rings. The van der Waals surface area contributed by atoms with Crippen molar-refractivity contribution in [2.75, 3.05) is 17.6 Å². The number of imidazole rings is 1. The van der Waals surface area contributed by atoms with Gasteiger partial charge in [0.05, 0.1) is 29.2 Å². The van der Waals surface area contributed by atoms with Gasteiger partial charge in [0.15, 0.2) is 5.16 Å². The van der Waals surface area contributed by atoms with E-state index in [1.807, 2.05) is 0 Å². The number of nitrogens with zero attached hydrogens (tertiary/aromatic N) is 3. The Labute approximate surface area is 159 Å². The average Bonchev–Trinajstić information content (AvgIpc) is 3.02. The molecule has 2 amide bonds. The number of thioether (sulfide) groups is 1. The van der Waals surface area contributed by atoms with E-state index in [1.165, 1.54) is 30.5 Å². The molecule has 144 valence electrons. The number of hydrogen-bond donors (Lipinski definition) is 3. The summed E-state index contributed by atoms with van der Waals surface area (Å²) in [6.45, 7) is 2.01. The van der Waals surface area contributed by atoms with Gasteiger partial charge in [0, 0.05) is 24.4 Å². The first-order valence-corrected chi connectivity index (χ1v) is 9.02. The van der Waals surface area contributed by atoms with Crippen molar-refractivity contribution in [2.24, 2.45) is 0 Å². The lowest BCUT2D eigenvalue weighted by Gasteiger charge is -2.10. The van der Waals surface area contributed by atoms with Gasteiger partial charge in [-0.05, 0) is 19.1 Å². The van der Waals surface area contributed by atoms with E-state index in [0.29, 0.717) is 23.1 Å². The minimum Gasteiger partial charge on any atom is -0.390 e. The maximum absolute atomic E-state index is 12.1. The highest BCUT2D eigenvalue weighted by molar-refractivity contribution is 7.99. The van der Waals surface area contributed by atoms with Crippen LogP contribution in [0.15, 0.2) is 35.6 Å². The minimum atomic E-state index is -0.519. The first-order valence-electron chi connectivity index (χ1n) is 8.03. The van der Waals surface area contributed by atoms with Crippen LogP contribution in [0.3, 0.4) is 0 Å². The van der Waals surface area contributed by atoms with Crippen LogP contribution in [0.4, 0.5) is 11.4 Å². The predicted octanol–water partition coefficient (Wildman–Crippen LogP) is 1.15. The number of aromatic nitrogens is 2. The van der Waals surface area contributed by atoms with Gasteiger partial charge in [0.25, 0.3) is 5.69 Å². The molecule has 0 bridgehead atoms. The van der Waals surface area contributed by atoms with Gasteiger partial charge in [0.1, 0.15) is 6.54 Å². The number of amides is 2. The SMILES string of the molecule is CCNC(=O)Cn1c(CO)cnc1SCC(=O)Nc1ccc([N+](=O)[O-])cc1. The van der Waals surface area contributed by atoms with Crippen LogP contribution in [-0.2, 0) is 22.7 Å². The highest BCUT2D eigenvalue weighted by atomic mass is 32.2. The zero-order chi connectivity index (χ0) is 19.8. The summed E-state index contributed by atoms with van der Waals surface area (Å²) < 4.78 is 1.55. The number of non-ortho nitro benzene ring substituents is 1. The molecule has 11 heteroatoms. The van der Waals surface area contributed by atoms with Crippen molar-refractivity contribution in [3.8, 4) is 0 Å². The molecule has 1 aromatic heterocycles. The molecule has 0 aliphatic rings. The largest absolute Gasteiger partial charge is 0.390 e. The highest BCUT2D eigenvalue weighted by Gasteiger charge is 2.15. The van der Waals surface area contributed by atoms with Gasteiger partial charge in [-0.2, -0.15) is 0 Å². The van der Waals surface area contributed by atoms with Gasteiger partial charge in [-0.25, -0.2) is 4.98 Å². The number of nitro benzene ring substituents is 1. The second-order valence-corrected chi connectivity index (χ2v) is 6.31. The van der Waals surface area contributed by atoms with Crippen molar-refractivity contribution in [3.63, 3.8) is 0 Å². The second-order valence-electron chi connectivity index (χ2n) is 5.37. The van der Waals surface area contributed by atoms with Crippen molar-refractivity contribution < 1.29 is 19.6 Å². The lowest BCUT2D eigenvalue weighted by Crippen LogP contribution is -2.28. The van der Waals surface area contributed by atoms with Crippen molar-refractivity contribution in [1.82, 2.24) is 14.9 Å². The minimum absolute atomic E-state index is 0.00393. The Morgan fingerprint density at radius 2 is 2.00 bits per heavy atom. The maximum Gasteiger partial charge on any atom is 0.269 e. The third-order valence-electron chi connectivity index (χ3n) is 3.43. The Bertz CT molecular complexity index is 821. The second kappa shape index (κ2) is 9.69. The number of aliphatic hydroxyl groups is 1. The summed E-state index contributed by atoms with van der Waals surface area (Å²) in [5.41, 5.74) is 0.846. The molecule has 0 unspecified atom stereocenters. The van der Waals surface area contributed by atoms with Crippen LogP contribution in [-0.4, -0.2) is 43.7 Å². The predicted molar refractivity (Wildman–Crippen MR) is 99.3 cm³/mol. The zero-order valence-corrected chi connectivity index (χ0v) is 15.4. The smallest absolute Gasteiger partial charge is 0.269 e. The quantitative estimate of drug-likeness (QED) is 0.330. The van der Waals surface area contributed by atoms with E-state index in [4.69, 9.17) is 0 Å². The Balaban J connectivity index is 1.97. The summed E-state index contributed by atoms with van der Waals surface area (Å²) in [6.07, 6.45) is 1.45. The van der Waals surface area contributed by atoms with E-state index < -0.39 is 4.92 Å². The fraction of sp³-hybridized carbons (Fsp3) is 0.312. The number of rotatable bonds is 9. The first-order chi connectivity index (χ1) is 12.9. The molecule has 0 saturated carbocycles. The van der Waals surface area contributed by atoms with Crippen LogP contribution in [0.25, 0.3) is 0 Å². The van der Waals surface area contributed by atoms with Crippen molar-refractivity contribution in [1.29, 1.82) is 0 Å². The van der Waals surface area contributed by atoms with E-state index >= 15 is 0 Å². The molecule has 0 saturated heterocycles. The normalized spacial score (nSPS) is 10.4. The molecule has 2 rings (SSSR count). The van der Waals surface area contributed by atoms with Gasteiger partial charge in [0.2, 0.25) is 11.8 Å². The first kappa shape index (κ1) is 20.4. The van der Waals surface area contributed by atoms with E-state index in [0.717, 1.165) is 11.8 Å². The van der Waals surface area contributed by atoms with E-state index in [2.05, 4.69) is 15.6 Å². The Hall–Kier alpha value is -2.92. The lowest BCUT2D eigenvalue weighted by molar-refractivity contribution is -0.384. The molecular weight excluding hydrogens is 374 g/mol. The third kappa shape index (κ3) is 5.79. The van der Waals surface area contributed by atoms with Crippen molar-refractivity contribution in [3.05, 3.63) is 46.3 Å². The summed E-state index contributed by atoms with van der Waals surface area (Å²) in [5.74, 6) is -0.525. The average molecular weight is 393 g/mol. The Morgan fingerprint density at radius 3 is 2.59 bits per heavy atom. The molecule has 1 aromatic carbocycles. The van der Waals surface area contributed by atoms with Crippen LogP contribution in [0.1, 0.15) is 12.6 Å². The summed E-state index contributed by atoms with van der Waals surface area (Å²) >= 11 is 1.12. The van der Waals surface area contributed by atoms with Gasteiger partial charge in [-0.15, -0.1) is 0 Å². The van der Waals surface area contributed by atoms with E-state index in [9.17, 15) is 24.8 Å². The molecule has 0 aliphatic carbocycles. The summed E-state index contributed by atoms with van der Waals surface area (Å²) in [5, 5.41) is 25.7. The molecule has 10 nitrogen and oxygen atoms in total. The molecule has 27 heavy (non-hydrogen) atoms. The fourth-order valence-electron chi connectivity index (χ4n) is 2.19. The molecule has 3 N–H and O–H groups in total. The summed E-state index contributed by atoms with van der Waals surface area (Å²) in [6, 6.07) is 5.49. The number of aliphatic hydroxyl groups excluding tert-OH is 1. The van der Waals surface area contributed by atoms with Gasteiger partial charge < -0.3 is 20.3 Å². The number of carbonyl (C=O) groups is 2. The van der Waals surface area contributed by atoms with Crippen LogP contribution in [0.2, 0.25) is 0 Å². The summed E-state index contributed by atoms with van der Waals surface area (Å²) in [4.78, 5) is 38.1. The number of anilines is 1. The number of likely N-dealkylation sites (N-methyl/N-ethyl adjacent to an activating group) is 1. The molecule has 0 fully saturated rings. The van der Waals surface area contributed by atoms with Crippen LogP contribution in [0.5, 0.6) is 0 Å². The molecular formula is C16H19N5O5S. The molecule has 0 spiro atoms. The van der Waals surface area contributed by atoms with Gasteiger partial charge in [-0.3, -0.25) is 19.7 Å². The Kier molecular flexibility index (Phi) is 7.32. The number of nitrogens with one attached hydrogen (secondary N) is 2. The van der Waals surface area contributed by atoms with Crippen LogP contribution < -0.4 is 10.6 Å². The highest BCUT2D eigenvalue weighted by Crippen LogP contribution is 2.20. The van der Waals surface area contributed by atoms with E-state index in [1.54, 1.807) is 11.5 Å². The topological polar surface area (TPSA) is 139 Å². The number of benzene rings is 1. The summed E-state index contributed by atoms with van der Waals surface area (Å²) in [7, 11) is 0. The monoisotopic (exact) mass is 393 g/mol. The number of nitro groups is 1. The Morgan fingerprint density at radius 1 is 1.30 bits per heavy atom. The van der Waals surface area contributed by atoms with Crippen molar-refractivity contribution in [2.45, 2.75) is 25.2 Å². The van der Waals surface area contributed by atoms with Crippen molar-refractivity contribution >= 4 is 35.0 Å². The van der Waals surface area contributed by atoms with Crippen LogP contribution >= 0.6 is 11.8 Å². The standard InChI is InChI=1S/C16H19N5O5S/c1-2-17-14(23)8-20-13(9-22)7-18-16(20)27-10-15(24)19-11-3-5-12(6-4-11)21(25)26/h3-7,22H,2,8-10H2,1H3,(H,17,23)(H,19,24). The van der Waals surface area contributed by atoms with Crippen LogP contribution in [0, 0.1) is 10.1 Å². The van der Waals surface area contributed by atoms with Gasteiger partial charge in [-0.1, -0.05) is 11.8 Å². The molecule has 0 aliphatic heterocycles. The molecule has 0 radical (unpaired) electrons. The third-order valence-corrected chi connectivity index (χ3v) is 4.42. The van der Waals surface area contributed by atoms with Gasteiger partial charge >= 0.3 is 0 Å². The van der Waals surface area contributed by atoms with E-state index in [-0.39, 0.29) is 36.4 Å². The number of hydrogen-bond acceptors (Lipinski definition) is 7. The lowest BCUT2D eigenvalue weighted by atomic mass is 10.3. The molecule has 1 heterocycles. The number of carbonyl (C=O) groups excluding carboxylic acids is 2.